The molecule has 0 aliphatic carbocycles. The lowest BCUT2D eigenvalue weighted by molar-refractivity contribution is -0.136. The normalized spacial score (nSPS) is 28.1. The number of rotatable bonds is 2. The first-order valence-corrected chi connectivity index (χ1v) is 5.43. The molecule has 0 spiro atoms. The van der Waals surface area contributed by atoms with Gasteiger partial charge in [-0.05, 0) is 25.4 Å². The maximum atomic E-state index is 12.0. The zero-order valence-corrected chi connectivity index (χ0v) is 9.93. The van der Waals surface area contributed by atoms with Crippen molar-refractivity contribution in [2.45, 2.75) is 19.4 Å². The molecule has 0 aromatic carbocycles. The molecular formula is C10H20ClN3O. The number of halogens is 1. The molecular weight excluding hydrogens is 214 g/mol. The minimum Gasteiger partial charge on any atom is -0.341 e. The summed E-state index contributed by atoms with van der Waals surface area (Å²) in [5.74, 6) is 1.00. The molecule has 2 fully saturated rings. The molecule has 88 valence electrons. The second kappa shape index (κ2) is 5.14. The molecule has 15 heavy (non-hydrogen) atoms. The highest BCUT2D eigenvalue weighted by atomic mass is 35.5. The van der Waals surface area contributed by atoms with Crippen molar-refractivity contribution in [3.8, 4) is 0 Å². The van der Waals surface area contributed by atoms with Crippen molar-refractivity contribution < 1.29 is 4.79 Å². The number of hydrogen-bond donors (Lipinski definition) is 2. The van der Waals surface area contributed by atoms with Crippen LogP contribution in [0.1, 0.15) is 13.3 Å². The molecule has 0 saturated carbocycles. The Labute approximate surface area is 97.0 Å². The average molecular weight is 234 g/mol. The van der Waals surface area contributed by atoms with Crippen LogP contribution in [0.5, 0.6) is 0 Å². The van der Waals surface area contributed by atoms with Gasteiger partial charge in [-0.2, -0.15) is 0 Å². The quantitative estimate of drug-likeness (QED) is 0.696. The van der Waals surface area contributed by atoms with Crippen LogP contribution in [0.25, 0.3) is 0 Å². The first-order chi connectivity index (χ1) is 6.68. The largest absolute Gasteiger partial charge is 0.341 e. The Hall–Kier alpha value is -0.320. The number of carbonyl (C=O) groups excluding carboxylic acids is 1. The molecule has 0 aromatic heterocycles. The van der Waals surface area contributed by atoms with E-state index in [1.165, 1.54) is 0 Å². The molecule has 5 heteroatoms. The Bertz CT molecular complexity index is 229. The van der Waals surface area contributed by atoms with E-state index in [1.54, 1.807) is 0 Å². The third-order valence-electron chi connectivity index (χ3n) is 3.45. The van der Waals surface area contributed by atoms with Crippen LogP contribution in [0.3, 0.4) is 0 Å². The fourth-order valence-corrected chi connectivity index (χ4v) is 2.14. The van der Waals surface area contributed by atoms with Crippen molar-refractivity contribution in [2.24, 2.45) is 17.6 Å². The lowest BCUT2D eigenvalue weighted by atomic mass is 9.88. The lowest BCUT2D eigenvalue weighted by Gasteiger charge is -2.33. The zero-order valence-electron chi connectivity index (χ0n) is 9.11. The van der Waals surface area contributed by atoms with Gasteiger partial charge in [-0.3, -0.25) is 4.79 Å². The van der Waals surface area contributed by atoms with Gasteiger partial charge in [-0.15, -0.1) is 12.4 Å². The Balaban J connectivity index is 0.00000112. The van der Waals surface area contributed by atoms with E-state index in [-0.39, 0.29) is 24.4 Å². The van der Waals surface area contributed by atoms with E-state index in [9.17, 15) is 4.79 Å². The Morgan fingerprint density at radius 2 is 2.20 bits per heavy atom. The molecule has 4 nitrogen and oxygen atoms in total. The molecule has 2 aliphatic rings. The van der Waals surface area contributed by atoms with Crippen LogP contribution in [0.4, 0.5) is 0 Å². The van der Waals surface area contributed by atoms with E-state index >= 15 is 0 Å². The van der Waals surface area contributed by atoms with E-state index in [0.29, 0.717) is 11.8 Å². The van der Waals surface area contributed by atoms with Crippen LogP contribution in [-0.4, -0.2) is 43.0 Å². The highest BCUT2D eigenvalue weighted by molar-refractivity contribution is 5.85. The summed E-state index contributed by atoms with van der Waals surface area (Å²) in [5.41, 5.74) is 5.78. The second-order valence-corrected chi connectivity index (χ2v) is 4.54. The van der Waals surface area contributed by atoms with Crippen LogP contribution < -0.4 is 11.1 Å². The summed E-state index contributed by atoms with van der Waals surface area (Å²) >= 11 is 0. The molecule has 0 bridgehead atoms. The van der Waals surface area contributed by atoms with Gasteiger partial charge in [0.1, 0.15) is 0 Å². The molecule has 2 rings (SSSR count). The van der Waals surface area contributed by atoms with Crippen molar-refractivity contribution in [3.63, 3.8) is 0 Å². The highest BCUT2D eigenvalue weighted by Gasteiger charge is 2.33. The number of nitrogens with two attached hydrogens (primary N) is 1. The van der Waals surface area contributed by atoms with Gasteiger partial charge in [0.2, 0.25) is 5.91 Å². The second-order valence-electron chi connectivity index (χ2n) is 4.54. The predicted molar refractivity (Wildman–Crippen MR) is 61.9 cm³/mol. The summed E-state index contributed by atoms with van der Waals surface area (Å²) < 4.78 is 0. The van der Waals surface area contributed by atoms with E-state index < -0.39 is 0 Å². The Morgan fingerprint density at radius 1 is 1.53 bits per heavy atom. The minimum absolute atomic E-state index is 0. The van der Waals surface area contributed by atoms with E-state index in [2.05, 4.69) is 5.32 Å². The molecule has 0 radical (unpaired) electrons. The van der Waals surface area contributed by atoms with Crippen LogP contribution in [-0.2, 0) is 4.79 Å². The monoisotopic (exact) mass is 233 g/mol. The number of nitrogens with one attached hydrogen (secondary N) is 1. The van der Waals surface area contributed by atoms with Gasteiger partial charge in [0.05, 0.1) is 0 Å². The number of likely N-dealkylation sites (tertiary alicyclic amines) is 1. The maximum absolute atomic E-state index is 12.0. The van der Waals surface area contributed by atoms with Gasteiger partial charge >= 0.3 is 0 Å². The maximum Gasteiger partial charge on any atom is 0.225 e. The molecule has 0 aromatic rings. The molecule has 3 N–H and O–H groups in total. The molecule has 2 saturated heterocycles. The van der Waals surface area contributed by atoms with Crippen LogP contribution >= 0.6 is 12.4 Å². The van der Waals surface area contributed by atoms with Crippen molar-refractivity contribution >= 4 is 18.3 Å². The summed E-state index contributed by atoms with van der Waals surface area (Å²) in [4.78, 5) is 13.9. The summed E-state index contributed by atoms with van der Waals surface area (Å²) in [7, 11) is 0. The summed E-state index contributed by atoms with van der Waals surface area (Å²) in [6.07, 6.45) is 0.960. The van der Waals surface area contributed by atoms with E-state index in [1.807, 2.05) is 11.8 Å². The number of carbonyl (C=O) groups is 1. The van der Waals surface area contributed by atoms with E-state index in [4.69, 9.17) is 5.73 Å². The predicted octanol–water partition coefficient (Wildman–Crippen LogP) is -0.177. The Kier molecular flexibility index (Phi) is 4.37. The summed E-state index contributed by atoms with van der Waals surface area (Å²) in [5, 5.41) is 3.20. The van der Waals surface area contributed by atoms with Crippen LogP contribution in [0.15, 0.2) is 0 Å². The average Bonchev–Trinajstić information content (AvgIpc) is 2.47. The van der Waals surface area contributed by atoms with Gasteiger partial charge in [-0.1, -0.05) is 6.92 Å². The first-order valence-electron chi connectivity index (χ1n) is 5.43. The first kappa shape index (κ1) is 12.7. The third kappa shape index (κ3) is 2.62. The molecule has 2 heterocycles. The fraction of sp³-hybridized carbons (Fsp3) is 0.900. The van der Waals surface area contributed by atoms with Gasteiger partial charge < -0.3 is 16.0 Å². The standard InChI is InChI=1S/C10H19N3O.ClH/c1-7(8-4-12-5-8)10(14)13-3-2-9(11)6-13;/h7-9,12H,2-6,11H2,1H3;1H/t7?,9-;/m1./s1. The molecule has 1 amide bonds. The number of nitrogens with zero attached hydrogens (tertiary/aromatic N) is 1. The topological polar surface area (TPSA) is 58.4 Å². The summed E-state index contributed by atoms with van der Waals surface area (Å²) in [6.45, 7) is 5.63. The van der Waals surface area contributed by atoms with Crippen molar-refractivity contribution in [1.29, 1.82) is 0 Å². The lowest BCUT2D eigenvalue weighted by Crippen LogP contribution is -2.50. The smallest absolute Gasteiger partial charge is 0.225 e. The van der Waals surface area contributed by atoms with Crippen LogP contribution in [0.2, 0.25) is 0 Å². The number of hydrogen-bond acceptors (Lipinski definition) is 3. The molecule has 2 atom stereocenters. The SMILES string of the molecule is CC(C(=O)N1CC[C@@H](N)C1)C1CNC1.Cl. The minimum atomic E-state index is 0. The van der Waals surface area contributed by atoms with Crippen LogP contribution in [0, 0.1) is 11.8 Å². The van der Waals surface area contributed by atoms with Gasteiger partial charge in [0.15, 0.2) is 0 Å². The molecule has 1 unspecified atom stereocenters. The summed E-state index contributed by atoms with van der Waals surface area (Å²) in [6, 6.07) is 0.200. The number of amides is 1. The molecule has 2 aliphatic heterocycles. The van der Waals surface area contributed by atoms with Crippen molar-refractivity contribution in [2.75, 3.05) is 26.2 Å². The Morgan fingerprint density at radius 3 is 2.60 bits per heavy atom. The highest BCUT2D eigenvalue weighted by Crippen LogP contribution is 2.20. The van der Waals surface area contributed by atoms with Crippen molar-refractivity contribution in [1.82, 2.24) is 10.2 Å². The third-order valence-corrected chi connectivity index (χ3v) is 3.45. The van der Waals surface area contributed by atoms with Gasteiger partial charge in [0.25, 0.3) is 0 Å². The van der Waals surface area contributed by atoms with Gasteiger partial charge in [-0.25, -0.2) is 0 Å². The van der Waals surface area contributed by atoms with Crippen molar-refractivity contribution in [3.05, 3.63) is 0 Å². The van der Waals surface area contributed by atoms with E-state index in [0.717, 1.165) is 32.6 Å². The van der Waals surface area contributed by atoms with Gasteiger partial charge in [0, 0.05) is 25.0 Å². The fourth-order valence-electron chi connectivity index (χ4n) is 2.14. The zero-order chi connectivity index (χ0) is 10.1.